The molecule has 0 saturated heterocycles. The number of nitrogens with one attached hydrogen (secondary N) is 3. The molecule has 33 heavy (non-hydrogen) atoms. The molecule has 0 aliphatic heterocycles. The van der Waals surface area contributed by atoms with Crippen molar-refractivity contribution < 1.29 is 54.0 Å². The van der Waals surface area contributed by atoms with Crippen LogP contribution in [-0.4, -0.2) is 92.7 Å². The summed E-state index contributed by atoms with van der Waals surface area (Å²) in [6, 6.07) is -6.39. The van der Waals surface area contributed by atoms with Gasteiger partial charge in [-0.3, -0.25) is 28.8 Å². The fourth-order valence-corrected chi connectivity index (χ4v) is 2.38. The van der Waals surface area contributed by atoms with E-state index < -0.39 is 98.0 Å². The van der Waals surface area contributed by atoms with Crippen molar-refractivity contribution in [1.29, 1.82) is 0 Å². The third-order valence-electron chi connectivity index (χ3n) is 4.12. The van der Waals surface area contributed by atoms with E-state index >= 15 is 0 Å². The zero-order valence-electron chi connectivity index (χ0n) is 17.4. The number of aliphatic hydroxyl groups excluding tert-OH is 1. The number of carboxylic acids is 3. The van der Waals surface area contributed by atoms with Crippen molar-refractivity contribution in [1.82, 2.24) is 16.0 Å². The normalized spacial score (nSPS) is 14.1. The Bertz CT molecular complexity index is 772. The topological polar surface area (TPSA) is 289 Å². The van der Waals surface area contributed by atoms with E-state index in [4.69, 9.17) is 31.9 Å². The Kier molecular flexibility index (Phi) is 12.7. The van der Waals surface area contributed by atoms with E-state index in [0.717, 1.165) is 0 Å². The molecule has 0 saturated carbocycles. The van der Waals surface area contributed by atoms with Gasteiger partial charge in [-0.05, 0) is 12.8 Å². The molecular formula is C17H27N5O11. The first-order valence-electron chi connectivity index (χ1n) is 9.50. The maximum absolute atomic E-state index is 12.7. The average Bonchev–Trinajstić information content (AvgIpc) is 2.70. The van der Waals surface area contributed by atoms with Crippen LogP contribution in [0.4, 0.5) is 0 Å². The summed E-state index contributed by atoms with van der Waals surface area (Å²) in [5.41, 5.74) is 10.5. The van der Waals surface area contributed by atoms with Gasteiger partial charge in [-0.1, -0.05) is 0 Å². The molecule has 0 fully saturated rings. The van der Waals surface area contributed by atoms with Crippen molar-refractivity contribution in [2.45, 2.75) is 56.3 Å². The van der Waals surface area contributed by atoms with E-state index in [1.807, 2.05) is 5.32 Å². The summed E-state index contributed by atoms with van der Waals surface area (Å²) in [6.45, 7) is -0.987. The molecule has 0 rings (SSSR count). The van der Waals surface area contributed by atoms with Crippen LogP contribution in [0.2, 0.25) is 0 Å². The van der Waals surface area contributed by atoms with Gasteiger partial charge in [0.25, 0.3) is 0 Å². The number of aliphatic carboxylic acids is 3. The zero-order valence-corrected chi connectivity index (χ0v) is 17.4. The van der Waals surface area contributed by atoms with Crippen LogP contribution < -0.4 is 27.4 Å². The molecule has 0 heterocycles. The summed E-state index contributed by atoms with van der Waals surface area (Å²) in [5, 5.41) is 41.7. The number of carboxylic acid groups (broad SMARTS) is 3. The number of amides is 4. The number of nitrogens with two attached hydrogens (primary N) is 2. The lowest BCUT2D eigenvalue weighted by Gasteiger charge is -2.24. The first kappa shape index (κ1) is 29.2. The molecule has 4 unspecified atom stereocenters. The van der Waals surface area contributed by atoms with Gasteiger partial charge in [0, 0.05) is 12.8 Å². The Labute approximate surface area is 186 Å². The van der Waals surface area contributed by atoms with Crippen molar-refractivity contribution in [2.24, 2.45) is 11.5 Å². The molecular weight excluding hydrogens is 450 g/mol. The van der Waals surface area contributed by atoms with Crippen molar-refractivity contribution in [3.05, 3.63) is 0 Å². The number of hydrogen-bond donors (Lipinski definition) is 9. The number of aliphatic hydroxyl groups is 1. The molecule has 11 N–H and O–H groups in total. The van der Waals surface area contributed by atoms with Crippen molar-refractivity contribution in [3.63, 3.8) is 0 Å². The molecule has 0 aliphatic rings. The molecule has 0 bridgehead atoms. The monoisotopic (exact) mass is 477 g/mol. The number of hydrogen-bond acceptors (Lipinski definition) is 9. The Morgan fingerprint density at radius 3 is 1.55 bits per heavy atom. The predicted molar refractivity (Wildman–Crippen MR) is 106 cm³/mol. The molecule has 16 nitrogen and oxygen atoms in total. The Balaban J connectivity index is 5.55. The van der Waals surface area contributed by atoms with E-state index in [-0.39, 0.29) is 6.42 Å². The number of rotatable bonds is 16. The quantitative estimate of drug-likeness (QED) is 0.101. The Morgan fingerprint density at radius 2 is 1.15 bits per heavy atom. The summed E-state index contributed by atoms with van der Waals surface area (Å²) in [5.74, 6) is -8.42. The second kappa shape index (κ2) is 14.3. The molecule has 0 radical (unpaired) electrons. The van der Waals surface area contributed by atoms with Crippen LogP contribution >= 0.6 is 0 Å². The lowest BCUT2D eigenvalue weighted by atomic mass is 10.1. The highest BCUT2D eigenvalue weighted by Gasteiger charge is 2.31. The molecule has 4 amide bonds. The highest BCUT2D eigenvalue weighted by molar-refractivity contribution is 5.95. The molecule has 16 heteroatoms. The van der Waals surface area contributed by atoms with E-state index in [1.54, 1.807) is 0 Å². The number of carbonyl (C=O) groups excluding carboxylic acids is 4. The Hall–Kier alpha value is -3.79. The van der Waals surface area contributed by atoms with Gasteiger partial charge in [0.1, 0.15) is 18.1 Å². The molecule has 0 aromatic heterocycles. The maximum atomic E-state index is 12.7. The van der Waals surface area contributed by atoms with Gasteiger partial charge >= 0.3 is 17.9 Å². The van der Waals surface area contributed by atoms with E-state index in [0.29, 0.717) is 0 Å². The van der Waals surface area contributed by atoms with Crippen LogP contribution in [0.1, 0.15) is 32.1 Å². The molecule has 186 valence electrons. The molecule has 0 spiro atoms. The molecule has 4 atom stereocenters. The predicted octanol–water partition coefficient (Wildman–Crippen LogP) is -4.55. The van der Waals surface area contributed by atoms with Crippen LogP contribution in [0.5, 0.6) is 0 Å². The summed E-state index contributed by atoms with van der Waals surface area (Å²) in [7, 11) is 0. The molecule has 0 aromatic carbocycles. The van der Waals surface area contributed by atoms with Crippen molar-refractivity contribution >= 4 is 41.5 Å². The summed E-state index contributed by atoms with van der Waals surface area (Å²) in [6.07, 6.45) is -2.63. The van der Waals surface area contributed by atoms with Crippen LogP contribution in [-0.2, 0) is 33.6 Å². The third-order valence-corrected chi connectivity index (χ3v) is 4.12. The van der Waals surface area contributed by atoms with Crippen LogP contribution in [0.15, 0.2) is 0 Å². The van der Waals surface area contributed by atoms with Gasteiger partial charge in [-0.25, -0.2) is 4.79 Å². The summed E-state index contributed by atoms with van der Waals surface area (Å²) >= 11 is 0. The fourth-order valence-electron chi connectivity index (χ4n) is 2.38. The second-order valence-corrected chi connectivity index (χ2v) is 6.85. The van der Waals surface area contributed by atoms with Gasteiger partial charge in [-0.2, -0.15) is 0 Å². The van der Waals surface area contributed by atoms with E-state index in [2.05, 4.69) is 10.6 Å². The highest BCUT2D eigenvalue weighted by Crippen LogP contribution is 2.04. The largest absolute Gasteiger partial charge is 0.481 e. The standard InChI is InChI=1S/C17H27N5O11/c18-7(5-13(27)28)14(29)20-8(1-3-11(19)24)15(30)21-9(2-4-12(25)26)16(31)22-10(6-23)17(32)33/h7-10,23H,1-6,18H2,(H2,19,24)(H,20,29)(H,21,30)(H,22,31)(H,25,26)(H,27,28)(H,32,33). The minimum Gasteiger partial charge on any atom is -0.481 e. The smallest absolute Gasteiger partial charge is 0.328 e. The second-order valence-electron chi connectivity index (χ2n) is 6.85. The summed E-state index contributed by atoms with van der Waals surface area (Å²) < 4.78 is 0. The number of carbonyl (C=O) groups is 7. The van der Waals surface area contributed by atoms with E-state index in [9.17, 15) is 33.6 Å². The van der Waals surface area contributed by atoms with Gasteiger partial charge in [-0.15, -0.1) is 0 Å². The van der Waals surface area contributed by atoms with Gasteiger partial charge in [0.2, 0.25) is 23.6 Å². The van der Waals surface area contributed by atoms with Crippen molar-refractivity contribution in [3.8, 4) is 0 Å². The van der Waals surface area contributed by atoms with Gasteiger partial charge < -0.3 is 47.8 Å². The molecule has 0 aliphatic carbocycles. The first-order valence-corrected chi connectivity index (χ1v) is 9.50. The van der Waals surface area contributed by atoms with Gasteiger partial charge in [0.15, 0.2) is 0 Å². The SMILES string of the molecule is NC(=O)CCC(NC(=O)C(N)CC(=O)O)C(=O)NC(CCC(=O)O)C(=O)NC(CO)C(=O)O. The zero-order chi connectivity index (χ0) is 25.7. The fraction of sp³-hybridized carbons (Fsp3) is 0.588. The average molecular weight is 477 g/mol. The van der Waals surface area contributed by atoms with Crippen LogP contribution in [0, 0.1) is 0 Å². The Morgan fingerprint density at radius 1 is 0.697 bits per heavy atom. The number of primary amides is 1. The van der Waals surface area contributed by atoms with Crippen LogP contribution in [0.3, 0.4) is 0 Å². The summed E-state index contributed by atoms with van der Waals surface area (Å²) in [4.78, 5) is 80.8. The van der Waals surface area contributed by atoms with Crippen LogP contribution in [0.25, 0.3) is 0 Å². The first-order chi connectivity index (χ1) is 15.3. The lowest BCUT2D eigenvalue weighted by Crippen LogP contribution is -2.57. The minimum absolute atomic E-state index is 0.367. The minimum atomic E-state index is -1.74. The maximum Gasteiger partial charge on any atom is 0.328 e. The highest BCUT2D eigenvalue weighted by atomic mass is 16.4. The van der Waals surface area contributed by atoms with Crippen molar-refractivity contribution in [2.75, 3.05) is 6.61 Å². The lowest BCUT2D eigenvalue weighted by molar-refractivity contribution is -0.144. The third kappa shape index (κ3) is 12.0. The van der Waals surface area contributed by atoms with Gasteiger partial charge in [0.05, 0.1) is 19.1 Å². The molecule has 0 aromatic rings. The van der Waals surface area contributed by atoms with E-state index in [1.165, 1.54) is 0 Å².